The van der Waals surface area contributed by atoms with Crippen molar-refractivity contribution in [2.75, 3.05) is 37.7 Å². The van der Waals surface area contributed by atoms with E-state index in [-0.39, 0.29) is 46.3 Å². The molecular weight excluding hydrogens is 461 g/mol. The van der Waals surface area contributed by atoms with E-state index in [0.717, 1.165) is 6.07 Å². The van der Waals surface area contributed by atoms with Gasteiger partial charge in [-0.2, -0.15) is 18.4 Å². The summed E-state index contributed by atoms with van der Waals surface area (Å²) in [4.78, 5) is 5.99. The lowest BCUT2D eigenvalue weighted by atomic mass is 10.1. The van der Waals surface area contributed by atoms with Gasteiger partial charge in [-0.15, -0.1) is 5.10 Å². The van der Waals surface area contributed by atoms with E-state index in [1.165, 1.54) is 22.9 Å². The smallest absolute Gasteiger partial charge is 0.419 e. The predicted molar refractivity (Wildman–Crippen MR) is 112 cm³/mol. The van der Waals surface area contributed by atoms with Gasteiger partial charge in [0, 0.05) is 32.2 Å². The molecule has 1 aromatic carbocycles. The lowest BCUT2D eigenvalue weighted by molar-refractivity contribution is -0.138. The molecule has 0 N–H and O–H groups in total. The maximum Gasteiger partial charge on any atom is 0.419 e. The van der Waals surface area contributed by atoms with E-state index < -0.39 is 21.6 Å². The van der Waals surface area contributed by atoms with Crippen LogP contribution in [0.1, 0.15) is 11.3 Å². The molecule has 33 heavy (non-hydrogen) atoms. The molecule has 0 amide bonds. The highest BCUT2D eigenvalue weighted by atomic mass is 32.2. The van der Waals surface area contributed by atoms with E-state index in [4.69, 9.17) is 4.74 Å². The SMILES string of the molecule is Cn1nnc2c(C#N)nc(-c3ccc(OCCN4CCS(=O)(=O)CC4)c(C(F)(F)F)c3)cc21. The maximum atomic E-state index is 13.8. The molecule has 2 aromatic heterocycles. The van der Waals surface area contributed by atoms with Crippen molar-refractivity contribution in [1.29, 1.82) is 5.26 Å². The number of nitriles is 1. The van der Waals surface area contributed by atoms with Crippen molar-refractivity contribution in [2.45, 2.75) is 6.18 Å². The molecule has 9 nitrogen and oxygen atoms in total. The molecule has 4 rings (SSSR count). The Morgan fingerprint density at radius 2 is 1.94 bits per heavy atom. The minimum Gasteiger partial charge on any atom is -0.492 e. The molecule has 3 aromatic rings. The molecule has 1 aliphatic rings. The summed E-state index contributed by atoms with van der Waals surface area (Å²) < 4.78 is 71.1. The average molecular weight is 480 g/mol. The van der Waals surface area contributed by atoms with Crippen LogP contribution in [0.15, 0.2) is 24.3 Å². The Morgan fingerprint density at radius 3 is 2.61 bits per heavy atom. The van der Waals surface area contributed by atoms with Gasteiger partial charge < -0.3 is 4.74 Å². The number of fused-ring (bicyclic) bond motifs is 1. The molecule has 1 fully saturated rings. The highest BCUT2D eigenvalue weighted by Crippen LogP contribution is 2.39. The number of nitrogens with zero attached hydrogens (tertiary/aromatic N) is 6. The zero-order valence-electron chi connectivity index (χ0n) is 17.5. The van der Waals surface area contributed by atoms with Crippen LogP contribution in [-0.2, 0) is 23.1 Å². The van der Waals surface area contributed by atoms with Crippen LogP contribution in [0.3, 0.4) is 0 Å². The number of alkyl halides is 3. The molecular formula is C20H19F3N6O3S. The third kappa shape index (κ3) is 4.91. The number of pyridine rings is 1. The van der Waals surface area contributed by atoms with E-state index >= 15 is 0 Å². The molecule has 174 valence electrons. The fraction of sp³-hybridized carbons (Fsp3) is 0.400. The maximum absolute atomic E-state index is 13.8. The second kappa shape index (κ2) is 8.60. The number of aryl methyl sites for hydroxylation is 1. The monoisotopic (exact) mass is 480 g/mol. The summed E-state index contributed by atoms with van der Waals surface area (Å²) in [5.74, 6) is -0.271. The first-order chi connectivity index (χ1) is 15.6. The highest BCUT2D eigenvalue weighted by molar-refractivity contribution is 7.91. The number of hydrogen-bond acceptors (Lipinski definition) is 8. The Balaban J connectivity index is 1.58. The van der Waals surface area contributed by atoms with Gasteiger partial charge in [-0.1, -0.05) is 5.21 Å². The second-order valence-electron chi connectivity index (χ2n) is 7.60. The van der Waals surface area contributed by atoms with Gasteiger partial charge in [0.1, 0.15) is 23.9 Å². The summed E-state index contributed by atoms with van der Waals surface area (Å²) in [7, 11) is -1.43. The van der Waals surface area contributed by atoms with Crippen LogP contribution in [0.4, 0.5) is 13.2 Å². The fourth-order valence-corrected chi connectivity index (χ4v) is 4.83. The van der Waals surface area contributed by atoms with Crippen molar-refractivity contribution in [3.63, 3.8) is 0 Å². The Hall–Kier alpha value is -3.24. The van der Waals surface area contributed by atoms with Gasteiger partial charge in [-0.25, -0.2) is 18.1 Å². The Bertz CT molecular complexity index is 1330. The fourth-order valence-electron chi connectivity index (χ4n) is 3.55. The second-order valence-corrected chi connectivity index (χ2v) is 9.90. The first-order valence-electron chi connectivity index (χ1n) is 9.95. The van der Waals surface area contributed by atoms with Gasteiger partial charge in [0.05, 0.1) is 28.3 Å². The summed E-state index contributed by atoms with van der Waals surface area (Å²) in [5.41, 5.74) is 0.0727. The predicted octanol–water partition coefficient (Wildman–Crippen LogP) is 2.03. The zero-order chi connectivity index (χ0) is 23.8. The van der Waals surface area contributed by atoms with Gasteiger partial charge in [-0.3, -0.25) is 4.90 Å². The number of halogens is 3. The minimum absolute atomic E-state index is 0.0219. The largest absolute Gasteiger partial charge is 0.492 e. The number of sulfone groups is 1. The average Bonchev–Trinajstić information content (AvgIpc) is 3.14. The summed E-state index contributed by atoms with van der Waals surface area (Å²) in [6.07, 6.45) is -4.68. The van der Waals surface area contributed by atoms with Crippen molar-refractivity contribution in [1.82, 2.24) is 24.9 Å². The molecule has 1 saturated heterocycles. The van der Waals surface area contributed by atoms with Crippen molar-refractivity contribution >= 4 is 20.9 Å². The third-order valence-electron chi connectivity index (χ3n) is 5.39. The van der Waals surface area contributed by atoms with Crippen molar-refractivity contribution in [2.24, 2.45) is 7.05 Å². The van der Waals surface area contributed by atoms with Crippen molar-refractivity contribution in [3.8, 4) is 23.1 Å². The number of benzene rings is 1. The van der Waals surface area contributed by atoms with E-state index in [0.29, 0.717) is 25.2 Å². The van der Waals surface area contributed by atoms with Crippen LogP contribution in [0.5, 0.6) is 5.75 Å². The van der Waals surface area contributed by atoms with E-state index in [9.17, 15) is 26.9 Å². The molecule has 0 saturated carbocycles. The van der Waals surface area contributed by atoms with Crippen LogP contribution in [0.25, 0.3) is 22.3 Å². The molecule has 13 heteroatoms. The lowest BCUT2D eigenvalue weighted by Gasteiger charge is -2.26. The summed E-state index contributed by atoms with van der Waals surface area (Å²) in [6, 6.07) is 7.02. The van der Waals surface area contributed by atoms with E-state index in [2.05, 4.69) is 15.3 Å². The van der Waals surface area contributed by atoms with Gasteiger partial charge >= 0.3 is 6.18 Å². The first kappa shape index (κ1) is 22.9. The molecule has 0 atom stereocenters. The summed E-state index contributed by atoms with van der Waals surface area (Å²) in [6.45, 7) is 0.946. The number of ether oxygens (including phenoxy) is 1. The van der Waals surface area contributed by atoms with E-state index in [1.807, 2.05) is 11.0 Å². The zero-order valence-corrected chi connectivity index (χ0v) is 18.3. The number of rotatable bonds is 5. The molecule has 0 bridgehead atoms. The van der Waals surface area contributed by atoms with Crippen LogP contribution in [0.2, 0.25) is 0 Å². The Labute approximate surface area is 187 Å². The quantitative estimate of drug-likeness (QED) is 0.545. The first-order valence-corrected chi connectivity index (χ1v) is 11.8. The van der Waals surface area contributed by atoms with Crippen molar-refractivity contribution < 1.29 is 26.3 Å². The Morgan fingerprint density at radius 1 is 1.21 bits per heavy atom. The van der Waals surface area contributed by atoms with E-state index in [1.54, 1.807) is 7.05 Å². The van der Waals surface area contributed by atoms with Crippen LogP contribution < -0.4 is 4.74 Å². The topological polar surface area (TPSA) is 114 Å². The highest BCUT2D eigenvalue weighted by Gasteiger charge is 2.35. The van der Waals surface area contributed by atoms with Crippen LogP contribution >= 0.6 is 0 Å². The normalized spacial score (nSPS) is 16.6. The standard InChI is InChI=1S/C20H19F3N6O3S/c1-28-17-11-15(25-16(12-24)19(17)26-27-28)13-2-3-18(14(10-13)20(21,22)23)32-7-4-29-5-8-33(30,31)9-6-29/h2-3,10-11H,4-9H2,1H3. The summed E-state index contributed by atoms with van der Waals surface area (Å²) in [5, 5.41) is 17.0. The van der Waals surface area contributed by atoms with Gasteiger partial charge in [0.15, 0.2) is 15.5 Å². The number of aromatic nitrogens is 4. The minimum atomic E-state index is -4.68. The van der Waals surface area contributed by atoms with Gasteiger partial charge in [-0.05, 0) is 24.3 Å². The molecule has 0 spiro atoms. The summed E-state index contributed by atoms with van der Waals surface area (Å²) >= 11 is 0. The number of hydrogen-bond donors (Lipinski definition) is 0. The molecule has 0 unspecified atom stereocenters. The van der Waals surface area contributed by atoms with Crippen LogP contribution in [0, 0.1) is 11.3 Å². The lowest BCUT2D eigenvalue weighted by Crippen LogP contribution is -2.42. The Kier molecular flexibility index (Phi) is 5.98. The molecule has 0 aliphatic carbocycles. The molecule has 0 radical (unpaired) electrons. The third-order valence-corrected chi connectivity index (χ3v) is 7.00. The van der Waals surface area contributed by atoms with Gasteiger partial charge in [0.2, 0.25) is 0 Å². The van der Waals surface area contributed by atoms with Crippen molar-refractivity contribution in [3.05, 3.63) is 35.5 Å². The molecule has 1 aliphatic heterocycles. The van der Waals surface area contributed by atoms with Gasteiger partial charge in [0.25, 0.3) is 0 Å². The van der Waals surface area contributed by atoms with Crippen LogP contribution in [-0.4, -0.2) is 71.0 Å². The molecule has 3 heterocycles.